The van der Waals surface area contributed by atoms with E-state index in [2.05, 4.69) is 5.29 Å². The lowest BCUT2D eigenvalue weighted by Gasteiger charge is -2.12. The summed E-state index contributed by atoms with van der Waals surface area (Å²) in [5.74, 6) is 0. The molecule has 82 valence electrons. The number of nitroso groups, excluding NO2 is 1. The van der Waals surface area contributed by atoms with E-state index in [1.54, 1.807) is 0 Å². The van der Waals surface area contributed by atoms with Crippen molar-refractivity contribution in [1.29, 1.82) is 0 Å². The molecule has 0 heterocycles. The van der Waals surface area contributed by atoms with Gasteiger partial charge in [-0.3, -0.25) is 0 Å². The highest BCUT2D eigenvalue weighted by Gasteiger charge is 2.26. The third kappa shape index (κ3) is 2.22. The van der Waals surface area contributed by atoms with Crippen LogP contribution in [0.3, 0.4) is 0 Å². The molecule has 0 unspecified atom stereocenters. The molecule has 0 aliphatic heterocycles. The molecule has 8 heteroatoms. The standard InChI is InChI=1S/C7H6Cl2N2O3S/c1-11(10-12)15(13,14)7-5(8)3-2-4-6(7)9/h2-4H,1H3. The summed E-state index contributed by atoms with van der Waals surface area (Å²) >= 11 is 11.4. The topological polar surface area (TPSA) is 66.8 Å². The van der Waals surface area contributed by atoms with E-state index < -0.39 is 10.0 Å². The summed E-state index contributed by atoms with van der Waals surface area (Å²) in [5, 5.41) is 2.18. The van der Waals surface area contributed by atoms with Crippen molar-refractivity contribution in [3.05, 3.63) is 33.2 Å². The van der Waals surface area contributed by atoms with E-state index in [0.717, 1.165) is 7.05 Å². The molecule has 1 aromatic carbocycles. The molecule has 0 fully saturated rings. The van der Waals surface area contributed by atoms with Crippen LogP contribution in [0.25, 0.3) is 0 Å². The average molecular weight is 269 g/mol. The Labute approximate surface area is 96.6 Å². The minimum Gasteiger partial charge on any atom is -0.199 e. The van der Waals surface area contributed by atoms with Gasteiger partial charge in [0, 0.05) is 7.05 Å². The van der Waals surface area contributed by atoms with Gasteiger partial charge in [0.15, 0.2) is 0 Å². The van der Waals surface area contributed by atoms with Gasteiger partial charge in [-0.05, 0) is 12.1 Å². The van der Waals surface area contributed by atoms with Crippen molar-refractivity contribution in [3.8, 4) is 0 Å². The van der Waals surface area contributed by atoms with E-state index in [1.807, 2.05) is 0 Å². The fourth-order valence-electron chi connectivity index (χ4n) is 0.905. The van der Waals surface area contributed by atoms with Gasteiger partial charge in [-0.15, -0.1) is 4.91 Å². The molecule has 1 aromatic rings. The Morgan fingerprint density at radius 3 is 2.13 bits per heavy atom. The van der Waals surface area contributed by atoms with Crippen LogP contribution in [-0.2, 0) is 10.0 Å². The Morgan fingerprint density at radius 1 is 1.27 bits per heavy atom. The van der Waals surface area contributed by atoms with E-state index in [4.69, 9.17) is 23.2 Å². The second-order valence-electron chi connectivity index (χ2n) is 2.57. The van der Waals surface area contributed by atoms with Crippen molar-refractivity contribution in [2.75, 3.05) is 7.05 Å². The highest BCUT2D eigenvalue weighted by Crippen LogP contribution is 2.30. The minimum atomic E-state index is -4.06. The summed E-state index contributed by atoms with van der Waals surface area (Å²) in [6, 6.07) is 4.22. The van der Waals surface area contributed by atoms with Gasteiger partial charge in [0.25, 0.3) is 10.0 Å². The van der Waals surface area contributed by atoms with Gasteiger partial charge in [-0.1, -0.05) is 29.3 Å². The highest BCUT2D eigenvalue weighted by molar-refractivity contribution is 7.89. The van der Waals surface area contributed by atoms with Gasteiger partial charge in [-0.2, -0.15) is 12.8 Å². The maximum Gasteiger partial charge on any atom is 0.284 e. The second kappa shape index (κ2) is 4.34. The van der Waals surface area contributed by atoms with Gasteiger partial charge in [0.2, 0.25) is 0 Å². The average Bonchev–Trinajstić information content (AvgIpc) is 2.15. The van der Waals surface area contributed by atoms with Crippen molar-refractivity contribution >= 4 is 33.2 Å². The fourth-order valence-corrected chi connectivity index (χ4v) is 2.87. The van der Waals surface area contributed by atoms with Gasteiger partial charge in [0.1, 0.15) is 4.90 Å². The highest BCUT2D eigenvalue weighted by atomic mass is 35.5. The summed E-state index contributed by atoms with van der Waals surface area (Å²) in [5.41, 5.74) is 0. The van der Waals surface area contributed by atoms with Crippen LogP contribution >= 0.6 is 23.2 Å². The van der Waals surface area contributed by atoms with E-state index in [0.29, 0.717) is 0 Å². The van der Waals surface area contributed by atoms with E-state index in [9.17, 15) is 13.3 Å². The van der Waals surface area contributed by atoms with Crippen LogP contribution in [0.5, 0.6) is 0 Å². The van der Waals surface area contributed by atoms with Crippen LogP contribution in [0.4, 0.5) is 0 Å². The van der Waals surface area contributed by atoms with Crippen molar-refractivity contribution in [3.63, 3.8) is 0 Å². The normalized spacial score (nSPS) is 11.1. The molecule has 0 bridgehead atoms. The Morgan fingerprint density at radius 2 is 1.73 bits per heavy atom. The lowest BCUT2D eigenvalue weighted by molar-refractivity contribution is 0.486. The van der Waals surface area contributed by atoms with Gasteiger partial charge in [-0.25, -0.2) is 0 Å². The maximum atomic E-state index is 11.7. The summed E-state index contributed by atoms with van der Waals surface area (Å²) in [7, 11) is -3.06. The van der Waals surface area contributed by atoms with Crippen LogP contribution in [0.1, 0.15) is 0 Å². The number of hydrogen-bond donors (Lipinski definition) is 0. The lowest BCUT2D eigenvalue weighted by Crippen LogP contribution is -2.21. The number of nitrogens with zero attached hydrogens (tertiary/aromatic N) is 2. The van der Waals surface area contributed by atoms with Gasteiger partial charge in [0.05, 0.1) is 15.3 Å². The zero-order chi connectivity index (χ0) is 11.6. The molecule has 0 spiro atoms. The third-order valence-corrected chi connectivity index (χ3v) is 4.21. The Balaban J connectivity index is 3.46. The summed E-state index contributed by atoms with van der Waals surface area (Å²) in [6.45, 7) is 0. The van der Waals surface area contributed by atoms with E-state index in [-0.39, 0.29) is 19.4 Å². The molecule has 5 nitrogen and oxygen atoms in total. The van der Waals surface area contributed by atoms with Crippen LogP contribution in [-0.4, -0.2) is 19.9 Å². The van der Waals surface area contributed by atoms with Crippen molar-refractivity contribution in [2.24, 2.45) is 5.29 Å². The second-order valence-corrected chi connectivity index (χ2v) is 5.27. The van der Waals surface area contributed by atoms with Crippen molar-refractivity contribution in [1.82, 2.24) is 4.41 Å². The minimum absolute atomic E-state index is 0.0574. The summed E-state index contributed by atoms with van der Waals surface area (Å²) in [6.07, 6.45) is 0. The number of halogens is 2. The lowest BCUT2D eigenvalue weighted by atomic mass is 10.4. The van der Waals surface area contributed by atoms with Crippen molar-refractivity contribution in [2.45, 2.75) is 4.90 Å². The molecule has 0 radical (unpaired) electrons. The Bertz CT molecular complexity index is 469. The first-order valence-electron chi connectivity index (χ1n) is 3.67. The van der Waals surface area contributed by atoms with Gasteiger partial charge >= 0.3 is 0 Å². The molecule has 15 heavy (non-hydrogen) atoms. The number of hydrogen-bond acceptors (Lipinski definition) is 4. The molecule has 0 aliphatic rings. The monoisotopic (exact) mass is 268 g/mol. The maximum absolute atomic E-state index is 11.7. The number of sulfonamides is 1. The van der Waals surface area contributed by atoms with Crippen LogP contribution < -0.4 is 0 Å². The molecule has 0 N–H and O–H groups in total. The number of benzene rings is 1. The molecular formula is C7H6Cl2N2O3S. The zero-order valence-corrected chi connectivity index (χ0v) is 9.84. The molecule has 1 rings (SSSR count). The largest absolute Gasteiger partial charge is 0.284 e. The Kier molecular flexibility index (Phi) is 3.54. The molecule has 0 atom stereocenters. The third-order valence-electron chi connectivity index (χ3n) is 1.64. The first-order valence-corrected chi connectivity index (χ1v) is 5.87. The quantitative estimate of drug-likeness (QED) is 0.624. The van der Waals surface area contributed by atoms with Crippen LogP contribution in [0.15, 0.2) is 28.4 Å². The van der Waals surface area contributed by atoms with E-state index in [1.165, 1.54) is 18.2 Å². The van der Waals surface area contributed by atoms with E-state index >= 15 is 0 Å². The molecule has 0 saturated heterocycles. The summed E-state index contributed by atoms with van der Waals surface area (Å²) < 4.78 is 23.6. The van der Waals surface area contributed by atoms with Crippen LogP contribution in [0, 0.1) is 4.91 Å². The molecule has 0 aromatic heterocycles. The first kappa shape index (κ1) is 12.2. The predicted octanol–water partition coefficient (Wildman–Crippen LogP) is 2.30. The zero-order valence-electron chi connectivity index (χ0n) is 7.52. The predicted molar refractivity (Wildman–Crippen MR) is 57.2 cm³/mol. The molecule has 0 saturated carbocycles. The smallest absolute Gasteiger partial charge is 0.199 e. The molecule has 0 amide bonds. The fraction of sp³-hybridized carbons (Fsp3) is 0.143. The van der Waals surface area contributed by atoms with Crippen molar-refractivity contribution < 1.29 is 8.42 Å². The molecule has 0 aliphatic carbocycles. The van der Waals surface area contributed by atoms with Gasteiger partial charge < -0.3 is 0 Å². The first-order chi connectivity index (χ1) is 6.91. The summed E-state index contributed by atoms with van der Waals surface area (Å²) in [4.78, 5) is 9.83. The SMILES string of the molecule is CN(N=O)S(=O)(=O)c1c(Cl)cccc1Cl. The Hall–Kier alpha value is -0.850. The molecular weight excluding hydrogens is 263 g/mol. The van der Waals surface area contributed by atoms with Crippen LogP contribution in [0.2, 0.25) is 10.0 Å². The number of rotatable bonds is 3.